The Morgan fingerprint density at radius 3 is 2.74 bits per heavy atom. The van der Waals surface area contributed by atoms with E-state index in [0.29, 0.717) is 19.5 Å². The quantitative estimate of drug-likeness (QED) is 0.722. The number of nitrogens with one attached hydrogen (secondary N) is 1. The first-order chi connectivity index (χ1) is 13.2. The molecular weight excluding hydrogens is 343 g/mol. The third-order valence-corrected chi connectivity index (χ3v) is 4.73. The fourth-order valence-electron chi connectivity index (χ4n) is 3.35. The van der Waals surface area contributed by atoms with Crippen LogP contribution in [0.3, 0.4) is 0 Å². The number of halogens is 1. The molecule has 0 radical (unpaired) electrons. The first kappa shape index (κ1) is 17.6. The first-order valence-corrected chi connectivity index (χ1v) is 9.03. The van der Waals surface area contributed by atoms with Gasteiger partial charge < -0.3 is 15.2 Å². The fraction of sp³-hybridized carbons (Fsp3) is 0.227. The lowest BCUT2D eigenvalue weighted by Crippen LogP contribution is -2.35. The number of nitrogens with zero attached hydrogens (tertiary/aromatic N) is 1. The molecule has 0 saturated heterocycles. The zero-order valence-electron chi connectivity index (χ0n) is 14.8. The highest BCUT2D eigenvalue weighted by atomic mass is 19.1. The van der Waals surface area contributed by atoms with Crippen molar-refractivity contribution in [3.8, 4) is 16.9 Å². The summed E-state index contributed by atoms with van der Waals surface area (Å²) >= 11 is 0. The first-order valence-electron chi connectivity index (χ1n) is 9.03. The number of aliphatic hydroxyl groups is 1. The Hall–Kier alpha value is -2.76. The highest BCUT2D eigenvalue weighted by Crippen LogP contribution is 2.34. The number of rotatable bonds is 5. The van der Waals surface area contributed by atoms with Crippen LogP contribution >= 0.6 is 0 Å². The summed E-state index contributed by atoms with van der Waals surface area (Å²) in [5.74, 6) is 0.504. The van der Waals surface area contributed by atoms with Crippen LogP contribution in [0.25, 0.3) is 11.1 Å². The maximum absolute atomic E-state index is 13.1. The van der Waals surface area contributed by atoms with E-state index in [1.54, 1.807) is 18.3 Å². The largest absolute Gasteiger partial charge is 0.489 e. The summed E-state index contributed by atoms with van der Waals surface area (Å²) in [6.07, 6.45) is 3.58. The van der Waals surface area contributed by atoms with Crippen LogP contribution in [0.5, 0.6) is 5.75 Å². The van der Waals surface area contributed by atoms with Gasteiger partial charge in [-0.2, -0.15) is 0 Å². The molecule has 0 spiro atoms. The van der Waals surface area contributed by atoms with Crippen LogP contribution in [0.1, 0.15) is 23.7 Å². The number of benzene rings is 2. The third-order valence-electron chi connectivity index (χ3n) is 4.73. The molecule has 4 nitrogen and oxygen atoms in total. The molecule has 2 aromatic carbocycles. The van der Waals surface area contributed by atoms with Gasteiger partial charge in [0.2, 0.25) is 0 Å². The molecule has 4 rings (SSSR count). The van der Waals surface area contributed by atoms with Crippen molar-refractivity contribution in [2.75, 3.05) is 6.54 Å². The molecule has 0 saturated carbocycles. The maximum atomic E-state index is 13.1. The second-order valence-electron chi connectivity index (χ2n) is 6.75. The summed E-state index contributed by atoms with van der Waals surface area (Å²) in [7, 11) is 0. The number of ether oxygens (including phenoxy) is 1. The molecule has 0 aliphatic carbocycles. The lowest BCUT2D eigenvalue weighted by atomic mass is 9.99. The van der Waals surface area contributed by atoms with E-state index in [2.05, 4.69) is 10.3 Å². The van der Waals surface area contributed by atoms with E-state index in [1.165, 1.54) is 12.1 Å². The molecule has 0 bridgehead atoms. The zero-order valence-corrected chi connectivity index (χ0v) is 14.8. The minimum atomic E-state index is -0.495. The molecular formula is C22H21FN2O2. The predicted octanol–water partition coefficient (Wildman–Crippen LogP) is 3.86. The summed E-state index contributed by atoms with van der Waals surface area (Å²) in [6, 6.07) is 16.0. The zero-order chi connectivity index (χ0) is 18.6. The number of fused-ring (bicyclic) bond motifs is 1. The summed E-state index contributed by atoms with van der Waals surface area (Å²) in [6.45, 7) is 1.27. The molecule has 1 aliphatic heterocycles. The van der Waals surface area contributed by atoms with Crippen LogP contribution in [-0.4, -0.2) is 22.7 Å². The van der Waals surface area contributed by atoms with Gasteiger partial charge in [0, 0.05) is 43.0 Å². The molecule has 0 amide bonds. The Morgan fingerprint density at radius 1 is 1.07 bits per heavy atom. The highest BCUT2D eigenvalue weighted by Gasteiger charge is 2.26. The average molecular weight is 364 g/mol. The second-order valence-corrected chi connectivity index (χ2v) is 6.75. The molecule has 0 fully saturated rings. The van der Waals surface area contributed by atoms with Gasteiger partial charge in [-0.3, -0.25) is 4.98 Å². The molecule has 2 heterocycles. The monoisotopic (exact) mass is 364 g/mol. The minimum absolute atomic E-state index is 0.0804. The van der Waals surface area contributed by atoms with Crippen molar-refractivity contribution < 1.29 is 14.2 Å². The van der Waals surface area contributed by atoms with E-state index in [0.717, 1.165) is 28.0 Å². The number of pyridine rings is 1. The van der Waals surface area contributed by atoms with Gasteiger partial charge in [-0.25, -0.2) is 4.39 Å². The molecule has 2 unspecified atom stereocenters. The fourth-order valence-corrected chi connectivity index (χ4v) is 3.35. The van der Waals surface area contributed by atoms with E-state index in [1.807, 2.05) is 36.5 Å². The van der Waals surface area contributed by atoms with Crippen molar-refractivity contribution in [2.24, 2.45) is 0 Å². The van der Waals surface area contributed by atoms with E-state index < -0.39 is 6.10 Å². The molecule has 138 valence electrons. The highest BCUT2D eigenvalue weighted by molar-refractivity contribution is 5.62. The lowest BCUT2D eigenvalue weighted by Gasteiger charge is -2.29. The predicted molar refractivity (Wildman–Crippen MR) is 102 cm³/mol. The lowest BCUT2D eigenvalue weighted by molar-refractivity contribution is 0.0657. The standard InChI is InChI=1S/C22H21FN2O2/c23-18-7-5-16(6-8-18)17-9-15(11-24-13-17)12-25-14-19-10-21(26)20-3-1-2-4-22(20)27-19/h1-9,11,13,19,21,25-26H,10,12,14H2. The molecule has 2 atom stereocenters. The number of para-hydroxylation sites is 1. The second kappa shape index (κ2) is 7.86. The van der Waals surface area contributed by atoms with Crippen LogP contribution in [0.15, 0.2) is 67.0 Å². The molecule has 27 heavy (non-hydrogen) atoms. The summed E-state index contributed by atoms with van der Waals surface area (Å²) in [5, 5.41) is 13.7. The van der Waals surface area contributed by atoms with Crippen LogP contribution in [0, 0.1) is 5.82 Å². The van der Waals surface area contributed by atoms with Crippen molar-refractivity contribution in [2.45, 2.75) is 25.2 Å². The van der Waals surface area contributed by atoms with Gasteiger partial charge in [0.15, 0.2) is 0 Å². The van der Waals surface area contributed by atoms with Crippen LogP contribution in [-0.2, 0) is 6.54 Å². The molecule has 5 heteroatoms. The Balaban J connectivity index is 1.36. The van der Waals surface area contributed by atoms with E-state index in [9.17, 15) is 9.50 Å². The van der Waals surface area contributed by atoms with Gasteiger partial charge in [-0.15, -0.1) is 0 Å². The van der Waals surface area contributed by atoms with Gasteiger partial charge in [-0.1, -0.05) is 30.3 Å². The van der Waals surface area contributed by atoms with Crippen LogP contribution in [0.2, 0.25) is 0 Å². The van der Waals surface area contributed by atoms with Gasteiger partial charge >= 0.3 is 0 Å². The summed E-state index contributed by atoms with van der Waals surface area (Å²) < 4.78 is 19.1. The Labute approximate surface area is 157 Å². The normalized spacial score (nSPS) is 18.6. The summed E-state index contributed by atoms with van der Waals surface area (Å²) in [5.41, 5.74) is 3.77. The molecule has 1 aromatic heterocycles. The van der Waals surface area contributed by atoms with Crippen molar-refractivity contribution in [3.05, 3.63) is 83.9 Å². The minimum Gasteiger partial charge on any atom is -0.489 e. The number of hydrogen-bond acceptors (Lipinski definition) is 4. The van der Waals surface area contributed by atoms with E-state index >= 15 is 0 Å². The number of aromatic nitrogens is 1. The van der Waals surface area contributed by atoms with Crippen molar-refractivity contribution in [3.63, 3.8) is 0 Å². The van der Waals surface area contributed by atoms with Gasteiger partial charge in [0.05, 0.1) is 6.10 Å². The summed E-state index contributed by atoms with van der Waals surface area (Å²) in [4.78, 5) is 4.29. The SMILES string of the molecule is OC1CC(CNCc2cncc(-c3ccc(F)cc3)c2)Oc2ccccc21. The Kier molecular flexibility index (Phi) is 5.14. The van der Waals surface area contributed by atoms with E-state index in [-0.39, 0.29) is 11.9 Å². The van der Waals surface area contributed by atoms with Crippen LogP contribution < -0.4 is 10.1 Å². The van der Waals surface area contributed by atoms with Gasteiger partial charge in [0.25, 0.3) is 0 Å². The Morgan fingerprint density at radius 2 is 1.89 bits per heavy atom. The van der Waals surface area contributed by atoms with Gasteiger partial charge in [0.1, 0.15) is 17.7 Å². The third kappa shape index (κ3) is 4.15. The molecule has 3 aromatic rings. The van der Waals surface area contributed by atoms with Crippen molar-refractivity contribution >= 4 is 0 Å². The molecule has 2 N–H and O–H groups in total. The van der Waals surface area contributed by atoms with Crippen molar-refractivity contribution in [1.82, 2.24) is 10.3 Å². The molecule has 1 aliphatic rings. The topological polar surface area (TPSA) is 54.4 Å². The van der Waals surface area contributed by atoms with E-state index in [4.69, 9.17) is 4.74 Å². The average Bonchev–Trinajstić information content (AvgIpc) is 2.69. The van der Waals surface area contributed by atoms with Gasteiger partial charge in [-0.05, 0) is 35.4 Å². The Bertz CT molecular complexity index is 914. The maximum Gasteiger partial charge on any atom is 0.125 e. The van der Waals surface area contributed by atoms with Crippen LogP contribution in [0.4, 0.5) is 4.39 Å². The van der Waals surface area contributed by atoms with Crippen molar-refractivity contribution in [1.29, 1.82) is 0 Å². The smallest absolute Gasteiger partial charge is 0.125 e. The number of hydrogen-bond donors (Lipinski definition) is 2. The number of aliphatic hydroxyl groups excluding tert-OH is 1.